The molecule has 0 spiro atoms. The van der Waals surface area contributed by atoms with E-state index in [4.69, 9.17) is 0 Å². The highest BCUT2D eigenvalue weighted by atomic mass is 79.9. The zero-order valence-electron chi connectivity index (χ0n) is 10.3. The molecule has 1 aromatic heterocycles. The lowest BCUT2D eigenvalue weighted by Gasteiger charge is -2.25. The van der Waals surface area contributed by atoms with E-state index in [1.165, 1.54) is 19.3 Å². The Labute approximate surface area is 110 Å². The van der Waals surface area contributed by atoms with Gasteiger partial charge in [-0.25, -0.2) is 0 Å². The van der Waals surface area contributed by atoms with Crippen LogP contribution in [0.15, 0.2) is 4.47 Å². The first kappa shape index (κ1) is 12.6. The Morgan fingerprint density at radius 1 is 1.53 bits per heavy atom. The molecule has 1 fully saturated rings. The Morgan fingerprint density at radius 2 is 2.24 bits per heavy atom. The summed E-state index contributed by atoms with van der Waals surface area (Å²) in [7, 11) is 0. The third kappa shape index (κ3) is 2.89. The van der Waals surface area contributed by atoms with Crippen LogP contribution in [0.2, 0.25) is 0 Å². The Balaban J connectivity index is 1.86. The number of aromatic nitrogens is 2. The fourth-order valence-corrected chi connectivity index (χ4v) is 2.26. The normalized spacial score (nSPS) is 15.7. The maximum atomic E-state index is 11.7. The summed E-state index contributed by atoms with van der Waals surface area (Å²) in [6, 6.07) is 0. The summed E-state index contributed by atoms with van der Waals surface area (Å²) in [5, 5.41) is 7.29. The average Bonchev–Trinajstić information content (AvgIpc) is 2.44. The van der Waals surface area contributed by atoms with E-state index >= 15 is 0 Å². The predicted molar refractivity (Wildman–Crippen MR) is 69.8 cm³/mol. The van der Waals surface area contributed by atoms with Crippen molar-refractivity contribution < 1.29 is 4.79 Å². The molecule has 1 aliphatic rings. The first-order valence-electron chi connectivity index (χ1n) is 6.04. The molecule has 1 heterocycles. The highest BCUT2D eigenvalue weighted by Gasteiger charge is 2.18. The van der Waals surface area contributed by atoms with Crippen LogP contribution >= 0.6 is 15.9 Å². The van der Waals surface area contributed by atoms with Gasteiger partial charge < -0.3 is 5.32 Å². The van der Waals surface area contributed by atoms with Gasteiger partial charge in [0, 0.05) is 6.54 Å². The summed E-state index contributed by atoms with van der Waals surface area (Å²) in [5.41, 5.74) is 1.93. The van der Waals surface area contributed by atoms with Crippen molar-refractivity contribution in [1.29, 1.82) is 0 Å². The number of hydrogen-bond donors (Lipinski definition) is 1. The minimum atomic E-state index is 0.0509. The third-order valence-corrected chi connectivity index (χ3v) is 4.55. The summed E-state index contributed by atoms with van der Waals surface area (Å²) >= 11 is 3.46. The van der Waals surface area contributed by atoms with Crippen LogP contribution < -0.4 is 5.32 Å². The smallest absolute Gasteiger partial charge is 0.241 e. The molecule has 1 saturated carbocycles. The van der Waals surface area contributed by atoms with E-state index in [-0.39, 0.29) is 5.91 Å². The molecule has 1 amide bonds. The van der Waals surface area contributed by atoms with Crippen LogP contribution in [0.5, 0.6) is 0 Å². The molecular formula is C12H18BrN3O. The summed E-state index contributed by atoms with van der Waals surface area (Å²) in [6.07, 6.45) is 3.82. The van der Waals surface area contributed by atoms with Gasteiger partial charge in [0.05, 0.1) is 15.9 Å². The average molecular weight is 300 g/mol. The number of nitrogens with one attached hydrogen (secondary N) is 1. The van der Waals surface area contributed by atoms with Crippen LogP contribution in [0.3, 0.4) is 0 Å². The standard InChI is InChI=1S/C12H18BrN3O/c1-8-12(13)9(2)16(15-8)7-11(17)14-6-10-4-3-5-10/h10H,3-7H2,1-2H3,(H,14,17). The number of carbonyl (C=O) groups is 1. The lowest BCUT2D eigenvalue weighted by atomic mass is 9.85. The fraction of sp³-hybridized carbons (Fsp3) is 0.667. The minimum Gasteiger partial charge on any atom is -0.354 e. The van der Waals surface area contributed by atoms with Crippen molar-refractivity contribution in [2.45, 2.75) is 39.7 Å². The zero-order valence-corrected chi connectivity index (χ0v) is 11.9. The summed E-state index contributed by atoms with van der Waals surface area (Å²) < 4.78 is 2.74. The lowest BCUT2D eigenvalue weighted by molar-refractivity contribution is -0.122. The van der Waals surface area contributed by atoms with Crippen molar-refractivity contribution in [3.63, 3.8) is 0 Å². The van der Waals surface area contributed by atoms with Gasteiger partial charge in [0.25, 0.3) is 0 Å². The van der Waals surface area contributed by atoms with Crippen LogP contribution in [0.1, 0.15) is 30.7 Å². The van der Waals surface area contributed by atoms with Crippen molar-refractivity contribution in [2.24, 2.45) is 5.92 Å². The molecule has 1 N–H and O–H groups in total. The first-order chi connectivity index (χ1) is 8.08. The maximum Gasteiger partial charge on any atom is 0.241 e. The van der Waals surface area contributed by atoms with Crippen LogP contribution in [-0.2, 0) is 11.3 Å². The van der Waals surface area contributed by atoms with E-state index in [1.807, 2.05) is 13.8 Å². The van der Waals surface area contributed by atoms with Crippen molar-refractivity contribution in [3.8, 4) is 0 Å². The second-order valence-corrected chi connectivity index (χ2v) is 5.54. The molecule has 0 bridgehead atoms. The molecule has 0 aliphatic heterocycles. The molecule has 4 nitrogen and oxygen atoms in total. The number of aryl methyl sites for hydroxylation is 1. The van der Waals surface area contributed by atoms with Crippen molar-refractivity contribution in [1.82, 2.24) is 15.1 Å². The van der Waals surface area contributed by atoms with Gasteiger partial charge in [-0.3, -0.25) is 9.48 Å². The topological polar surface area (TPSA) is 46.9 Å². The van der Waals surface area contributed by atoms with Gasteiger partial charge >= 0.3 is 0 Å². The molecule has 17 heavy (non-hydrogen) atoms. The largest absolute Gasteiger partial charge is 0.354 e. The molecule has 94 valence electrons. The number of amides is 1. The number of halogens is 1. The fourth-order valence-electron chi connectivity index (χ4n) is 1.98. The molecule has 0 radical (unpaired) electrons. The molecule has 2 rings (SSSR count). The molecule has 0 saturated heterocycles. The van der Waals surface area contributed by atoms with Gasteiger partial charge in [-0.1, -0.05) is 6.42 Å². The van der Waals surface area contributed by atoms with Crippen molar-refractivity contribution in [3.05, 3.63) is 15.9 Å². The van der Waals surface area contributed by atoms with Crippen LogP contribution in [-0.4, -0.2) is 22.2 Å². The lowest BCUT2D eigenvalue weighted by Crippen LogP contribution is -2.34. The van der Waals surface area contributed by atoms with Crippen molar-refractivity contribution in [2.75, 3.05) is 6.54 Å². The molecule has 5 heteroatoms. The zero-order chi connectivity index (χ0) is 12.4. The molecule has 1 aromatic rings. The highest BCUT2D eigenvalue weighted by molar-refractivity contribution is 9.10. The molecular weight excluding hydrogens is 282 g/mol. The Bertz CT molecular complexity index is 424. The quantitative estimate of drug-likeness (QED) is 0.926. The van der Waals surface area contributed by atoms with E-state index < -0.39 is 0 Å². The van der Waals surface area contributed by atoms with Gasteiger partial charge in [0.1, 0.15) is 6.54 Å². The predicted octanol–water partition coefficient (Wildman–Crippen LogP) is 2.18. The van der Waals surface area contributed by atoms with Crippen molar-refractivity contribution >= 4 is 21.8 Å². The van der Waals surface area contributed by atoms with Gasteiger partial charge in [-0.05, 0) is 48.5 Å². The second kappa shape index (κ2) is 5.21. The number of rotatable bonds is 4. The monoisotopic (exact) mass is 299 g/mol. The Morgan fingerprint density at radius 3 is 2.71 bits per heavy atom. The van der Waals surface area contributed by atoms with Gasteiger partial charge in [-0.15, -0.1) is 0 Å². The third-order valence-electron chi connectivity index (χ3n) is 3.40. The maximum absolute atomic E-state index is 11.7. The number of hydrogen-bond acceptors (Lipinski definition) is 2. The second-order valence-electron chi connectivity index (χ2n) is 4.74. The van der Waals surface area contributed by atoms with Crippen LogP contribution in [0.4, 0.5) is 0 Å². The van der Waals surface area contributed by atoms with Crippen LogP contribution in [0, 0.1) is 19.8 Å². The Hall–Kier alpha value is -0.840. The van der Waals surface area contributed by atoms with Crippen LogP contribution in [0.25, 0.3) is 0 Å². The number of nitrogens with zero attached hydrogens (tertiary/aromatic N) is 2. The molecule has 0 atom stereocenters. The highest BCUT2D eigenvalue weighted by Crippen LogP contribution is 2.25. The van der Waals surface area contributed by atoms with E-state index in [9.17, 15) is 4.79 Å². The van der Waals surface area contributed by atoms with Gasteiger partial charge in [0.15, 0.2) is 0 Å². The molecule has 0 unspecified atom stereocenters. The summed E-state index contributed by atoms with van der Waals surface area (Å²) in [6.45, 7) is 5.02. The Kier molecular flexibility index (Phi) is 3.86. The van der Waals surface area contributed by atoms with E-state index in [0.717, 1.165) is 22.4 Å². The summed E-state index contributed by atoms with van der Waals surface area (Å²) in [4.78, 5) is 11.7. The van der Waals surface area contributed by atoms with E-state index in [0.29, 0.717) is 12.5 Å². The SMILES string of the molecule is Cc1nn(CC(=O)NCC2CCC2)c(C)c1Br. The van der Waals surface area contributed by atoms with E-state index in [1.54, 1.807) is 4.68 Å². The van der Waals surface area contributed by atoms with E-state index in [2.05, 4.69) is 26.3 Å². The first-order valence-corrected chi connectivity index (χ1v) is 6.83. The number of carbonyl (C=O) groups excluding carboxylic acids is 1. The minimum absolute atomic E-state index is 0.0509. The summed E-state index contributed by atoms with van der Waals surface area (Å²) in [5.74, 6) is 0.751. The van der Waals surface area contributed by atoms with Gasteiger partial charge in [-0.2, -0.15) is 5.10 Å². The molecule has 0 aromatic carbocycles. The van der Waals surface area contributed by atoms with Gasteiger partial charge in [0.2, 0.25) is 5.91 Å². The molecule has 1 aliphatic carbocycles.